The van der Waals surface area contributed by atoms with Gasteiger partial charge in [0.05, 0.1) is 13.7 Å². The van der Waals surface area contributed by atoms with Crippen molar-refractivity contribution in [2.24, 2.45) is 5.92 Å². The van der Waals surface area contributed by atoms with E-state index in [9.17, 15) is 9.50 Å². The smallest absolute Gasteiger partial charge is 0.131 e. The molecule has 0 amide bonds. The zero-order valence-electron chi connectivity index (χ0n) is 13.7. The number of rotatable bonds is 4. The van der Waals surface area contributed by atoms with Gasteiger partial charge in [-0.15, -0.1) is 0 Å². The van der Waals surface area contributed by atoms with Gasteiger partial charge in [0.15, 0.2) is 0 Å². The van der Waals surface area contributed by atoms with Crippen LogP contribution in [0.25, 0.3) is 11.1 Å². The van der Waals surface area contributed by atoms with Crippen LogP contribution in [0.2, 0.25) is 0 Å². The van der Waals surface area contributed by atoms with E-state index in [1.54, 1.807) is 19.2 Å². The van der Waals surface area contributed by atoms with Gasteiger partial charge in [-0.05, 0) is 53.1 Å². The number of hydrogen-bond donors (Lipinski definition) is 1. The Morgan fingerprint density at radius 2 is 1.96 bits per heavy atom. The van der Waals surface area contributed by atoms with E-state index in [0.717, 1.165) is 23.1 Å². The SMILES string of the molecule is COc1ccc(F)c(-c2ccc(CO)cc2C2CCCC2C)c1. The lowest BCUT2D eigenvalue weighted by molar-refractivity contribution is 0.281. The van der Waals surface area contributed by atoms with E-state index in [1.165, 1.54) is 18.9 Å². The van der Waals surface area contributed by atoms with Crippen molar-refractivity contribution < 1.29 is 14.2 Å². The lowest BCUT2D eigenvalue weighted by Crippen LogP contribution is -2.06. The topological polar surface area (TPSA) is 29.5 Å². The molecule has 0 aromatic heterocycles. The van der Waals surface area contributed by atoms with Crippen LogP contribution >= 0.6 is 0 Å². The van der Waals surface area contributed by atoms with E-state index in [0.29, 0.717) is 23.1 Å². The minimum atomic E-state index is -0.241. The maximum absolute atomic E-state index is 14.4. The van der Waals surface area contributed by atoms with Crippen molar-refractivity contribution in [1.82, 2.24) is 0 Å². The third-order valence-corrected chi connectivity index (χ3v) is 5.02. The largest absolute Gasteiger partial charge is 0.497 e. The zero-order chi connectivity index (χ0) is 16.4. The Labute approximate surface area is 136 Å². The van der Waals surface area contributed by atoms with Crippen molar-refractivity contribution in [2.45, 2.75) is 38.7 Å². The standard InChI is InChI=1S/C20H23FO2/c1-13-4-3-5-16(13)18-10-14(12-22)6-8-17(18)19-11-15(23-2)7-9-20(19)21/h6-11,13,16,22H,3-5,12H2,1-2H3. The number of aliphatic hydroxyl groups excluding tert-OH is 1. The summed E-state index contributed by atoms with van der Waals surface area (Å²) in [5.74, 6) is 1.41. The van der Waals surface area contributed by atoms with Crippen LogP contribution in [0.5, 0.6) is 5.75 Å². The van der Waals surface area contributed by atoms with Crippen molar-refractivity contribution in [3.63, 3.8) is 0 Å². The van der Waals surface area contributed by atoms with Crippen molar-refractivity contribution in [3.05, 3.63) is 53.3 Å². The molecule has 23 heavy (non-hydrogen) atoms. The van der Waals surface area contributed by atoms with Gasteiger partial charge in [0, 0.05) is 5.56 Å². The lowest BCUT2D eigenvalue weighted by Gasteiger charge is -2.21. The Morgan fingerprint density at radius 3 is 2.61 bits per heavy atom. The summed E-state index contributed by atoms with van der Waals surface area (Å²) in [7, 11) is 1.59. The maximum atomic E-state index is 14.4. The zero-order valence-corrected chi connectivity index (χ0v) is 13.7. The summed E-state index contributed by atoms with van der Waals surface area (Å²) >= 11 is 0. The van der Waals surface area contributed by atoms with E-state index in [-0.39, 0.29) is 12.4 Å². The highest BCUT2D eigenvalue weighted by Gasteiger charge is 2.28. The molecule has 2 unspecified atom stereocenters. The van der Waals surface area contributed by atoms with E-state index in [1.807, 2.05) is 18.2 Å². The summed E-state index contributed by atoms with van der Waals surface area (Å²) in [6.07, 6.45) is 3.53. The molecular formula is C20H23FO2. The summed E-state index contributed by atoms with van der Waals surface area (Å²) in [6.45, 7) is 2.27. The predicted octanol–water partition coefficient (Wildman–Crippen LogP) is 4.90. The number of benzene rings is 2. The molecule has 2 atom stereocenters. The van der Waals surface area contributed by atoms with Gasteiger partial charge in [-0.2, -0.15) is 0 Å². The first kappa shape index (κ1) is 16.0. The van der Waals surface area contributed by atoms with Gasteiger partial charge >= 0.3 is 0 Å². The first-order valence-corrected chi connectivity index (χ1v) is 8.21. The van der Waals surface area contributed by atoms with Crippen molar-refractivity contribution >= 4 is 0 Å². The molecule has 0 bridgehead atoms. The van der Waals surface area contributed by atoms with Gasteiger partial charge in [0.2, 0.25) is 0 Å². The Morgan fingerprint density at radius 1 is 1.13 bits per heavy atom. The summed E-state index contributed by atoms with van der Waals surface area (Å²) in [5, 5.41) is 9.47. The molecule has 3 heteroatoms. The van der Waals surface area contributed by atoms with Crippen LogP contribution in [-0.4, -0.2) is 12.2 Å². The van der Waals surface area contributed by atoms with E-state index >= 15 is 0 Å². The molecule has 0 aliphatic heterocycles. The van der Waals surface area contributed by atoms with Gasteiger partial charge < -0.3 is 9.84 Å². The fraction of sp³-hybridized carbons (Fsp3) is 0.400. The second-order valence-corrected chi connectivity index (χ2v) is 6.44. The number of ether oxygens (including phenoxy) is 1. The maximum Gasteiger partial charge on any atom is 0.131 e. The van der Waals surface area contributed by atoms with Gasteiger partial charge in [-0.25, -0.2) is 4.39 Å². The molecule has 0 radical (unpaired) electrons. The lowest BCUT2D eigenvalue weighted by atomic mass is 9.84. The molecule has 0 spiro atoms. The summed E-state index contributed by atoms with van der Waals surface area (Å²) in [5.41, 5.74) is 3.51. The van der Waals surface area contributed by atoms with Crippen LogP contribution < -0.4 is 4.74 Å². The van der Waals surface area contributed by atoms with Crippen LogP contribution in [0.3, 0.4) is 0 Å². The van der Waals surface area contributed by atoms with Crippen LogP contribution in [0.4, 0.5) is 4.39 Å². The van der Waals surface area contributed by atoms with Crippen molar-refractivity contribution in [3.8, 4) is 16.9 Å². The summed E-state index contributed by atoms with van der Waals surface area (Å²) < 4.78 is 19.7. The third-order valence-electron chi connectivity index (χ3n) is 5.02. The molecule has 0 saturated heterocycles. The average molecular weight is 314 g/mol. The van der Waals surface area contributed by atoms with Crippen LogP contribution in [0.15, 0.2) is 36.4 Å². The molecule has 1 N–H and O–H groups in total. The molecule has 1 aliphatic carbocycles. The number of hydrogen-bond acceptors (Lipinski definition) is 2. The monoisotopic (exact) mass is 314 g/mol. The predicted molar refractivity (Wildman–Crippen MR) is 90.1 cm³/mol. The first-order valence-electron chi connectivity index (χ1n) is 8.21. The van der Waals surface area contributed by atoms with E-state index < -0.39 is 0 Å². The molecule has 3 rings (SSSR count). The van der Waals surface area contributed by atoms with Gasteiger partial charge in [0.1, 0.15) is 11.6 Å². The van der Waals surface area contributed by atoms with Crippen LogP contribution in [0.1, 0.15) is 43.2 Å². The van der Waals surface area contributed by atoms with Gasteiger partial charge in [-0.1, -0.05) is 38.0 Å². The first-order chi connectivity index (χ1) is 11.1. The molecule has 2 nitrogen and oxygen atoms in total. The Balaban J connectivity index is 2.15. The second kappa shape index (κ2) is 6.71. The van der Waals surface area contributed by atoms with Gasteiger partial charge in [-0.3, -0.25) is 0 Å². The molecule has 1 fully saturated rings. The highest BCUT2D eigenvalue weighted by Crippen LogP contribution is 2.44. The van der Waals surface area contributed by atoms with Crippen molar-refractivity contribution in [1.29, 1.82) is 0 Å². The molecule has 122 valence electrons. The summed E-state index contributed by atoms with van der Waals surface area (Å²) in [6, 6.07) is 10.7. The number of halogens is 1. The molecule has 2 aromatic carbocycles. The Bertz CT molecular complexity index is 696. The Kier molecular flexibility index (Phi) is 4.67. The highest BCUT2D eigenvalue weighted by atomic mass is 19.1. The van der Waals surface area contributed by atoms with Crippen molar-refractivity contribution in [2.75, 3.05) is 7.11 Å². The normalized spacial score (nSPS) is 20.7. The third kappa shape index (κ3) is 3.11. The van der Waals surface area contributed by atoms with Gasteiger partial charge in [0.25, 0.3) is 0 Å². The molecule has 2 aromatic rings. The highest BCUT2D eigenvalue weighted by molar-refractivity contribution is 5.70. The number of methoxy groups -OCH3 is 1. The van der Waals surface area contributed by atoms with Crippen LogP contribution in [0, 0.1) is 11.7 Å². The fourth-order valence-corrected chi connectivity index (χ4v) is 3.71. The second-order valence-electron chi connectivity index (χ2n) is 6.44. The molecular weight excluding hydrogens is 291 g/mol. The quantitative estimate of drug-likeness (QED) is 0.870. The van der Waals surface area contributed by atoms with E-state index in [2.05, 4.69) is 6.92 Å². The fourth-order valence-electron chi connectivity index (χ4n) is 3.71. The molecule has 1 aliphatic rings. The van der Waals surface area contributed by atoms with E-state index in [4.69, 9.17) is 4.74 Å². The average Bonchev–Trinajstić information content (AvgIpc) is 3.01. The minimum Gasteiger partial charge on any atom is -0.497 e. The number of aliphatic hydroxyl groups is 1. The Hall–Kier alpha value is -1.87. The van der Waals surface area contributed by atoms with Crippen LogP contribution in [-0.2, 0) is 6.61 Å². The minimum absolute atomic E-state index is 0.00890. The molecule has 1 saturated carbocycles. The summed E-state index contributed by atoms with van der Waals surface area (Å²) in [4.78, 5) is 0. The molecule has 0 heterocycles.